The van der Waals surface area contributed by atoms with E-state index in [1.165, 1.54) is 0 Å². The predicted molar refractivity (Wildman–Crippen MR) is 20.7 cm³/mol. The Labute approximate surface area is 86.9 Å². The maximum atomic E-state index is 8.25. The van der Waals surface area contributed by atoms with Crippen LogP contribution in [0.3, 0.4) is 0 Å². The Morgan fingerprint density at radius 1 is 0.727 bits per heavy atom. The summed E-state index contributed by atoms with van der Waals surface area (Å²) in [6.45, 7) is 0. The van der Waals surface area contributed by atoms with Crippen molar-refractivity contribution in [3.63, 3.8) is 0 Å². The molecule has 0 heterocycles. The van der Waals surface area contributed by atoms with Gasteiger partial charge >= 0.3 is 21.1 Å². The van der Waals surface area contributed by atoms with Crippen LogP contribution in [0, 0.1) is 30.6 Å². The van der Waals surface area contributed by atoms with E-state index in [1.807, 2.05) is 0 Å². The smallest absolute Gasteiger partial charge is 1.00 e. The molecule has 0 aromatic rings. The molecule has 0 aliphatic heterocycles. The zero-order valence-electron chi connectivity index (χ0n) is 4.42. The summed E-state index contributed by atoms with van der Waals surface area (Å²) in [5.41, 5.74) is 0. The van der Waals surface area contributed by atoms with E-state index in [9.17, 15) is 0 Å². The van der Waals surface area contributed by atoms with Crippen LogP contribution in [0.2, 0.25) is 0 Å². The van der Waals surface area contributed by atoms with Crippen molar-refractivity contribution in [2.75, 3.05) is 0 Å². The van der Waals surface area contributed by atoms with Gasteiger partial charge in [-0.05, 0) is 0 Å². The second-order valence-corrected chi connectivity index (χ2v) is 0.447. The van der Waals surface area contributed by atoms with Crippen LogP contribution in [0.5, 0.6) is 0 Å². The van der Waals surface area contributed by atoms with Crippen molar-refractivity contribution in [3.8, 4) is 0 Å². The molecular formula is Cl2N2O6Pt. The molecule has 0 fully saturated rings. The molecule has 0 aromatic carbocycles. The van der Waals surface area contributed by atoms with Crippen molar-refractivity contribution in [2.45, 2.75) is 0 Å². The second-order valence-electron chi connectivity index (χ2n) is 0.447. The molecule has 11 heavy (non-hydrogen) atoms. The molecule has 0 radical (unpaired) electrons. The number of halogens is 2. The van der Waals surface area contributed by atoms with Crippen LogP contribution in [-0.2, 0) is 21.1 Å². The number of hydrogen-bond acceptors (Lipinski definition) is 6. The standard InChI is InChI=1S/2ClH.2NO3.Pt/c;;2*2-1(3)4;/h2*1H;;;/q;;2*-1;+4/p-2. The Morgan fingerprint density at radius 3 is 0.727 bits per heavy atom. The van der Waals surface area contributed by atoms with Crippen LogP contribution in [0.25, 0.3) is 0 Å². The molecule has 0 spiro atoms. The van der Waals surface area contributed by atoms with Crippen LogP contribution >= 0.6 is 0 Å². The quantitative estimate of drug-likeness (QED) is 0.299. The van der Waals surface area contributed by atoms with Gasteiger partial charge in [0, 0.05) is 0 Å². The summed E-state index contributed by atoms with van der Waals surface area (Å²) >= 11 is 0. The normalized spacial score (nSPS) is 4.36. The summed E-state index contributed by atoms with van der Waals surface area (Å²) in [6, 6.07) is 0. The van der Waals surface area contributed by atoms with E-state index in [0.29, 0.717) is 0 Å². The van der Waals surface area contributed by atoms with Crippen LogP contribution in [0.15, 0.2) is 0 Å². The van der Waals surface area contributed by atoms with E-state index in [4.69, 9.17) is 30.6 Å². The molecule has 0 saturated carbocycles. The first-order chi connectivity index (χ1) is 3.46. The van der Waals surface area contributed by atoms with Crippen molar-refractivity contribution in [1.82, 2.24) is 0 Å². The molecule has 0 unspecified atom stereocenters. The Morgan fingerprint density at radius 2 is 0.727 bits per heavy atom. The molecule has 11 heteroatoms. The molecule has 0 saturated heterocycles. The summed E-state index contributed by atoms with van der Waals surface area (Å²) in [5.74, 6) is 0. The largest absolute Gasteiger partial charge is 4.00 e. The summed E-state index contributed by atoms with van der Waals surface area (Å²) in [6.07, 6.45) is 0. The number of rotatable bonds is 0. The third-order valence-electron chi connectivity index (χ3n) is 0. The van der Waals surface area contributed by atoms with Gasteiger partial charge in [-0.1, -0.05) is 0 Å². The van der Waals surface area contributed by atoms with E-state index < -0.39 is 10.2 Å². The Bertz CT molecular complexity index is 76.6. The molecule has 8 nitrogen and oxygen atoms in total. The monoisotopic (exact) mass is 389 g/mol. The molecule has 0 atom stereocenters. The minimum absolute atomic E-state index is 0. The maximum absolute atomic E-state index is 8.25. The molecule has 70 valence electrons. The fraction of sp³-hybridized carbons (Fsp3) is 0. The molecule has 0 aliphatic rings. The third-order valence-corrected chi connectivity index (χ3v) is 0. The van der Waals surface area contributed by atoms with Crippen molar-refractivity contribution in [2.24, 2.45) is 0 Å². The van der Waals surface area contributed by atoms with E-state index in [2.05, 4.69) is 0 Å². The fourth-order valence-corrected chi connectivity index (χ4v) is 0. The maximum Gasteiger partial charge on any atom is 4.00 e. The van der Waals surface area contributed by atoms with Gasteiger partial charge in [-0.15, -0.1) is 0 Å². The summed E-state index contributed by atoms with van der Waals surface area (Å²) in [5, 5.41) is 29.5. The Kier molecular flexibility index (Phi) is 63.8. The number of hydrogen-bond donors (Lipinski definition) is 0. The predicted octanol–water partition coefficient (Wildman–Crippen LogP) is -6.47. The van der Waals surface area contributed by atoms with Gasteiger partial charge in [0.1, 0.15) is 0 Å². The first-order valence-electron chi connectivity index (χ1n) is 1.10. The zero-order valence-corrected chi connectivity index (χ0v) is 8.20. The van der Waals surface area contributed by atoms with Crippen molar-refractivity contribution >= 4 is 0 Å². The summed E-state index contributed by atoms with van der Waals surface area (Å²) in [4.78, 5) is 16.5. The van der Waals surface area contributed by atoms with Gasteiger partial charge in [-0.3, -0.25) is 0 Å². The Balaban J connectivity index is -0.0000000171. The van der Waals surface area contributed by atoms with Crippen LogP contribution in [0.4, 0.5) is 0 Å². The molecule has 0 rings (SSSR count). The Hall–Kier alpha value is -0.332. The SMILES string of the molecule is O=[N+]([O-])[O-].O=[N+]([O-])[O-].[Cl-].[Cl-].[Pt+4]. The second kappa shape index (κ2) is 22.6. The van der Waals surface area contributed by atoms with Gasteiger partial charge in [-0.25, -0.2) is 0 Å². The molecule has 0 N–H and O–H groups in total. The van der Waals surface area contributed by atoms with E-state index >= 15 is 0 Å². The van der Waals surface area contributed by atoms with Gasteiger partial charge in [0.05, 0.1) is 10.2 Å². The topological polar surface area (TPSA) is 132 Å². The van der Waals surface area contributed by atoms with Crippen LogP contribution in [0.1, 0.15) is 0 Å². The molecule has 0 aromatic heterocycles. The van der Waals surface area contributed by atoms with Gasteiger partial charge in [0.2, 0.25) is 0 Å². The summed E-state index contributed by atoms with van der Waals surface area (Å²) < 4.78 is 0. The molecular weight excluding hydrogens is 390 g/mol. The average Bonchev–Trinajstić information content (AvgIpc) is 1.25. The van der Waals surface area contributed by atoms with Crippen LogP contribution < -0.4 is 24.8 Å². The summed E-state index contributed by atoms with van der Waals surface area (Å²) in [7, 11) is 0. The van der Waals surface area contributed by atoms with E-state index in [1.54, 1.807) is 0 Å². The van der Waals surface area contributed by atoms with Gasteiger partial charge in [-0.2, -0.15) is 0 Å². The van der Waals surface area contributed by atoms with Crippen LogP contribution in [-0.4, -0.2) is 10.2 Å². The first-order valence-corrected chi connectivity index (χ1v) is 1.10. The van der Waals surface area contributed by atoms with E-state index in [0.717, 1.165) is 0 Å². The zero-order chi connectivity index (χ0) is 7.15. The van der Waals surface area contributed by atoms with Gasteiger partial charge in [0.15, 0.2) is 0 Å². The molecule has 0 amide bonds. The fourth-order valence-electron chi connectivity index (χ4n) is 0. The van der Waals surface area contributed by atoms with Gasteiger partial charge in [0.25, 0.3) is 0 Å². The van der Waals surface area contributed by atoms with Crippen molar-refractivity contribution < 1.29 is 56.1 Å². The minimum atomic E-state index is -1.75. The van der Waals surface area contributed by atoms with Crippen molar-refractivity contribution in [3.05, 3.63) is 30.6 Å². The molecule has 0 bridgehead atoms. The van der Waals surface area contributed by atoms with Gasteiger partial charge < -0.3 is 55.5 Å². The minimum Gasteiger partial charge on any atom is -1.00 e. The van der Waals surface area contributed by atoms with E-state index in [-0.39, 0.29) is 45.9 Å². The third kappa shape index (κ3) is 5170. The average molecular weight is 390 g/mol. The first kappa shape index (κ1) is 31.0. The number of nitrogens with zero attached hydrogens (tertiary/aromatic N) is 2. The molecule has 0 aliphatic carbocycles. The van der Waals surface area contributed by atoms with Crippen molar-refractivity contribution in [1.29, 1.82) is 0 Å².